The number of nitrogens with zero attached hydrogens (tertiary/aromatic N) is 5. The molecule has 56 heavy (non-hydrogen) atoms. The fourth-order valence-electron chi connectivity index (χ4n) is 8.64. The van der Waals surface area contributed by atoms with Crippen molar-refractivity contribution in [3.05, 3.63) is 188 Å². The zero-order valence-corrected chi connectivity index (χ0v) is 30.6. The van der Waals surface area contributed by atoms with Gasteiger partial charge in [-0.05, 0) is 95.4 Å². The molecule has 6 nitrogen and oxygen atoms in total. The standard InChI is InChI=1S/C49H34BN5O/c1-53-43-29-27-35(56-36-26-28-40-39-19-8-10-23-44(39)54(46(40)32-36)47-25-12-13-30-51-47)31-41(43)49-52-42-22-9-11-24-45(42)55(49)50(53)48-37(33-15-4-2-5-16-33)20-14-21-38(48)34-17-6-3-7-18-34/h2-32H,1H3. The van der Waals surface area contributed by atoms with Crippen LogP contribution in [0.25, 0.3) is 72.3 Å². The van der Waals surface area contributed by atoms with Crippen molar-refractivity contribution in [3.8, 4) is 51.0 Å². The molecule has 1 aliphatic heterocycles. The average Bonchev–Trinajstić information content (AvgIpc) is 3.81. The van der Waals surface area contributed by atoms with Crippen molar-refractivity contribution in [2.24, 2.45) is 0 Å². The average molecular weight is 720 g/mol. The fourth-order valence-corrected chi connectivity index (χ4v) is 8.64. The van der Waals surface area contributed by atoms with Crippen molar-refractivity contribution in [1.82, 2.24) is 19.0 Å². The number of benzene rings is 7. The van der Waals surface area contributed by atoms with Gasteiger partial charge in [-0.1, -0.05) is 115 Å². The summed E-state index contributed by atoms with van der Waals surface area (Å²) in [6.07, 6.45) is 1.83. The first-order valence-corrected chi connectivity index (χ1v) is 18.9. The molecular formula is C49H34BN5O. The lowest BCUT2D eigenvalue weighted by atomic mass is 9.59. The summed E-state index contributed by atoms with van der Waals surface area (Å²) in [5.41, 5.74) is 12.2. The van der Waals surface area contributed by atoms with E-state index in [4.69, 9.17) is 14.7 Å². The second kappa shape index (κ2) is 12.9. The second-order valence-electron chi connectivity index (χ2n) is 14.3. The molecule has 1 aliphatic rings. The highest BCUT2D eigenvalue weighted by Gasteiger charge is 2.40. The van der Waals surface area contributed by atoms with Crippen LogP contribution in [0.15, 0.2) is 188 Å². The lowest BCUT2D eigenvalue weighted by Crippen LogP contribution is -2.55. The summed E-state index contributed by atoms with van der Waals surface area (Å²) in [5, 5.41) is 2.32. The minimum atomic E-state index is -0.195. The van der Waals surface area contributed by atoms with E-state index >= 15 is 0 Å². The molecule has 4 heterocycles. The van der Waals surface area contributed by atoms with Gasteiger partial charge >= 0.3 is 6.98 Å². The Kier molecular flexibility index (Phi) is 7.39. The van der Waals surface area contributed by atoms with E-state index in [0.717, 1.165) is 61.8 Å². The number of aromatic nitrogens is 4. The molecule has 0 saturated heterocycles. The molecule has 7 heteroatoms. The number of ether oxygens (including phenoxy) is 1. The Hall–Kier alpha value is -7.38. The molecule has 0 spiro atoms. The molecule has 0 saturated carbocycles. The summed E-state index contributed by atoms with van der Waals surface area (Å²) >= 11 is 0. The van der Waals surface area contributed by atoms with E-state index in [2.05, 4.69) is 185 Å². The first-order valence-electron chi connectivity index (χ1n) is 18.9. The van der Waals surface area contributed by atoms with E-state index < -0.39 is 0 Å². The van der Waals surface area contributed by atoms with Gasteiger partial charge in [-0.25, -0.2) is 9.97 Å². The van der Waals surface area contributed by atoms with Crippen LogP contribution in [-0.2, 0) is 0 Å². The van der Waals surface area contributed by atoms with E-state index in [9.17, 15) is 0 Å². The Morgan fingerprint density at radius 3 is 1.91 bits per heavy atom. The van der Waals surface area contributed by atoms with Crippen LogP contribution in [0.3, 0.4) is 0 Å². The number of hydrogen-bond acceptors (Lipinski definition) is 4. The molecule has 3 aromatic heterocycles. The van der Waals surface area contributed by atoms with Gasteiger partial charge in [0.2, 0.25) is 0 Å². The first kappa shape index (κ1) is 32.1. The number of anilines is 1. The molecule has 0 radical (unpaired) electrons. The molecule has 0 fully saturated rings. The van der Waals surface area contributed by atoms with Crippen LogP contribution in [-0.4, -0.2) is 33.0 Å². The largest absolute Gasteiger partial charge is 0.457 e. The van der Waals surface area contributed by atoms with Gasteiger partial charge in [-0.3, -0.25) is 4.57 Å². The maximum Gasteiger partial charge on any atom is 0.418 e. The molecular weight excluding hydrogens is 685 g/mol. The molecule has 0 N–H and O–H groups in total. The van der Waals surface area contributed by atoms with Crippen molar-refractivity contribution in [2.75, 3.05) is 11.9 Å². The van der Waals surface area contributed by atoms with E-state index in [1.165, 1.54) is 33.1 Å². The van der Waals surface area contributed by atoms with E-state index in [-0.39, 0.29) is 6.98 Å². The first-order chi connectivity index (χ1) is 27.7. The van der Waals surface area contributed by atoms with Crippen molar-refractivity contribution in [1.29, 1.82) is 0 Å². The van der Waals surface area contributed by atoms with Gasteiger partial charge in [0, 0.05) is 34.3 Å². The van der Waals surface area contributed by atoms with Crippen LogP contribution in [0, 0.1) is 0 Å². The lowest BCUT2D eigenvalue weighted by molar-refractivity contribution is 0.483. The molecule has 11 rings (SSSR count). The van der Waals surface area contributed by atoms with Crippen LogP contribution in [0.4, 0.5) is 5.69 Å². The van der Waals surface area contributed by atoms with Crippen LogP contribution in [0.1, 0.15) is 0 Å². The quantitative estimate of drug-likeness (QED) is 0.161. The Bertz CT molecular complexity index is 3030. The Labute approximate surface area is 324 Å². The van der Waals surface area contributed by atoms with Crippen LogP contribution >= 0.6 is 0 Å². The Morgan fingerprint density at radius 1 is 0.518 bits per heavy atom. The fraction of sp³-hybridized carbons (Fsp3) is 0.0204. The van der Waals surface area contributed by atoms with Gasteiger partial charge in [0.25, 0.3) is 0 Å². The number of fused-ring (bicyclic) bond motifs is 8. The zero-order valence-electron chi connectivity index (χ0n) is 30.6. The van der Waals surface area contributed by atoms with Crippen LogP contribution in [0.5, 0.6) is 11.5 Å². The highest BCUT2D eigenvalue weighted by atomic mass is 16.5. The molecule has 264 valence electrons. The third kappa shape index (κ3) is 5.05. The molecule has 0 unspecified atom stereocenters. The van der Waals surface area contributed by atoms with Crippen LogP contribution < -0.4 is 15.0 Å². The molecule has 0 aliphatic carbocycles. The summed E-state index contributed by atoms with van der Waals surface area (Å²) in [5.74, 6) is 3.26. The second-order valence-corrected chi connectivity index (χ2v) is 14.3. The molecule has 0 amide bonds. The maximum absolute atomic E-state index is 6.74. The lowest BCUT2D eigenvalue weighted by Gasteiger charge is -2.37. The summed E-state index contributed by atoms with van der Waals surface area (Å²) in [6, 6.07) is 63.7. The van der Waals surface area contributed by atoms with Gasteiger partial charge in [0.05, 0.1) is 22.1 Å². The molecule has 0 bridgehead atoms. The molecule has 7 aromatic carbocycles. The third-order valence-electron chi connectivity index (χ3n) is 11.1. The molecule has 0 atom stereocenters. The highest BCUT2D eigenvalue weighted by Crippen LogP contribution is 2.42. The van der Waals surface area contributed by atoms with Crippen molar-refractivity contribution in [2.45, 2.75) is 0 Å². The SMILES string of the molecule is CN1B(c2c(-c3ccccc3)cccc2-c2ccccc2)n2c(nc3ccccc32)-c2cc(Oc3ccc4c5ccccc5n(-c5ccccn5)c4c3)ccc21. The summed E-state index contributed by atoms with van der Waals surface area (Å²) in [6.45, 7) is -0.195. The number of para-hydroxylation sites is 3. The van der Waals surface area contributed by atoms with Crippen molar-refractivity contribution in [3.63, 3.8) is 0 Å². The van der Waals surface area contributed by atoms with Crippen LogP contribution in [0.2, 0.25) is 0 Å². The van der Waals surface area contributed by atoms with E-state index in [1.54, 1.807) is 0 Å². The predicted molar refractivity (Wildman–Crippen MR) is 230 cm³/mol. The predicted octanol–water partition coefficient (Wildman–Crippen LogP) is 11.0. The normalized spacial score (nSPS) is 12.3. The minimum Gasteiger partial charge on any atom is -0.457 e. The maximum atomic E-state index is 6.74. The Balaban J connectivity index is 1.07. The van der Waals surface area contributed by atoms with Gasteiger partial charge in [0.15, 0.2) is 0 Å². The minimum absolute atomic E-state index is 0.195. The smallest absolute Gasteiger partial charge is 0.418 e. The number of rotatable bonds is 6. The number of pyridine rings is 1. The Morgan fingerprint density at radius 2 is 1.16 bits per heavy atom. The number of imidazole rings is 1. The van der Waals surface area contributed by atoms with Gasteiger partial charge in [-0.2, -0.15) is 0 Å². The van der Waals surface area contributed by atoms with Gasteiger partial charge in [0.1, 0.15) is 23.1 Å². The van der Waals surface area contributed by atoms with E-state index in [0.29, 0.717) is 0 Å². The number of hydrogen-bond donors (Lipinski definition) is 0. The highest BCUT2D eigenvalue weighted by molar-refractivity contribution is 6.79. The van der Waals surface area contributed by atoms with Crippen molar-refractivity contribution < 1.29 is 4.74 Å². The summed E-state index contributed by atoms with van der Waals surface area (Å²) in [4.78, 5) is 12.4. The van der Waals surface area contributed by atoms with Gasteiger partial charge in [-0.15, -0.1) is 0 Å². The summed E-state index contributed by atoms with van der Waals surface area (Å²) in [7, 11) is 2.20. The van der Waals surface area contributed by atoms with Crippen molar-refractivity contribution >= 4 is 51.0 Å². The zero-order chi connectivity index (χ0) is 37.2. The van der Waals surface area contributed by atoms with Gasteiger partial charge < -0.3 is 14.0 Å². The monoisotopic (exact) mass is 719 g/mol. The summed E-state index contributed by atoms with van der Waals surface area (Å²) < 4.78 is 11.4. The third-order valence-corrected chi connectivity index (χ3v) is 11.1. The topological polar surface area (TPSA) is 48.1 Å². The molecule has 10 aromatic rings. The van der Waals surface area contributed by atoms with E-state index in [1.807, 2.05) is 24.4 Å².